The molecular formula is C10H8F2O4. The Morgan fingerprint density at radius 2 is 1.94 bits per heavy atom. The van der Waals surface area contributed by atoms with Gasteiger partial charge in [0.2, 0.25) is 0 Å². The number of halogens is 2. The summed E-state index contributed by atoms with van der Waals surface area (Å²) in [4.78, 5) is 20.7. The molecule has 0 spiro atoms. The van der Waals surface area contributed by atoms with Gasteiger partial charge in [0.05, 0.1) is 0 Å². The van der Waals surface area contributed by atoms with E-state index in [0.717, 1.165) is 19.1 Å². The molecule has 1 aromatic rings. The first-order valence-corrected chi connectivity index (χ1v) is 4.29. The monoisotopic (exact) mass is 230 g/mol. The molecule has 4 nitrogen and oxygen atoms in total. The Hall–Kier alpha value is -1.98. The molecule has 6 heteroatoms. The van der Waals surface area contributed by atoms with Gasteiger partial charge in [-0.2, -0.15) is 0 Å². The average Bonchev–Trinajstić information content (AvgIpc) is 2.22. The van der Waals surface area contributed by atoms with Gasteiger partial charge in [0.15, 0.2) is 23.5 Å². The highest BCUT2D eigenvalue weighted by Crippen LogP contribution is 2.23. The minimum Gasteiger partial charge on any atom is -0.479 e. The lowest BCUT2D eigenvalue weighted by atomic mass is 10.2. The number of hydrogen-bond acceptors (Lipinski definition) is 3. The number of benzene rings is 1. The lowest BCUT2D eigenvalue weighted by molar-refractivity contribution is -0.144. The van der Waals surface area contributed by atoms with Crippen LogP contribution in [0.4, 0.5) is 8.78 Å². The molecule has 0 saturated carbocycles. The SMILES string of the molecule is CC(Oc1c(F)cc(C=O)cc1F)C(=O)O. The molecule has 0 aliphatic heterocycles. The van der Waals surface area contributed by atoms with Crippen molar-refractivity contribution in [1.29, 1.82) is 0 Å². The number of aliphatic carboxylic acids is 1. The molecule has 1 rings (SSSR count). The Kier molecular flexibility index (Phi) is 3.55. The second-order valence-corrected chi connectivity index (χ2v) is 3.03. The van der Waals surface area contributed by atoms with E-state index in [1.54, 1.807) is 0 Å². The summed E-state index contributed by atoms with van der Waals surface area (Å²) in [5, 5.41) is 8.50. The van der Waals surface area contributed by atoms with Crippen LogP contribution >= 0.6 is 0 Å². The highest BCUT2D eigenvalue weighted by molar-refractivity contribution is 5.75. The summed E-state index contributed by atoms with van der Waals surface area (Å²) >= 11 is 0. The van der Waals surface area contributed by atoms with Crippen molar-refractivity contribution in [3.05, 3.63) is 29.3 Å². The van der Waals surface area contributed by atoms with Crippen LogP contribution in [0.25, 0.3) is 0 Å². The van der Waals surface area contributed by atoms with Crippen LogP contribution < -0.4 is 4.74 Å². The van der Waals surface area contributed by atoms with E-state index in [1.165, 1.54) is 0 Å². The fourth-order valence-corrected chi connectivity index (χ4v) is 0.987. The highest BCUT2D eigenvalue weighted by Gasteiger charge is 2.19. The molecule has 0 fully saturated rings. The lowest BCUT2D eigenvalue weighted by Gasteiger charge is -2.11. The Bertz CT molecular complexity index is 408. The van der Waals surface area contributed by atoms with Gasteiger partial charge in [-0.3, -0.25) is 4.79 Å². The molecule has 0 amide bonds. The molecule has 1 N–H and O–H groups in total. The molecule has 0 aliphatic rings. The smallest absolute Gasteiger partial charge is 0.344 e. The van der Waals surface area contributed by atoms with Gasteiger partial charge in [0, 0.05) is 5.56 Å². The zero-order chi connectivity index (χ0) is 12.3. The minimum atomic E-state index is -1.38. The van der Waals surface area contributed by atoms with E-state index >= 15 is 0 Å². The highest BCUT2D eigenvalue weighted by atomic mass is 19.1. The molecule has 0 aromatic heterocycles. The number of hydrogen-bond donors (Lipinski definition) is 1. The van der Waals surface area contributed by atoms with E-state index in [0.29, 0.717) is 0 Å². The summed E-state index contributed by atoms with van der Waals surface area (Å²) in [6, 6.07) is 1.53. The minimum absolute atomic E-state index is 0.190. The predicted octanol–water partition coefficient (Wildman–Crippen LogP) is 1.63. The summed E-state index contributed by atoms with van der Waals surface area (Å²) < 4.78 is 31.0. The van der Waals surface area contributed by atoms with Gasteiger partial charge >= 0.3 is 5.97 Å². The lowest BCUT2D eigenvalue weighted by Crippen LogP contribution is -2.24. The zero-order valence-corrected chi connectivity index (χ0v) is 8.24. The third-order valence-electron chi connectivity index (χ3n) is 1.80. The van der Waals surface area contributed by atoms with E-state index in [-0.39, 0.29) is 11.8 Å². The van der Waals surface area contributed by atoms with Crippen LogP contribution in [-0.2, 0) is 4.79 Å². The van der Waals surface area contributed by atoms with E-state index in [1.807, 2.05) is 0 Å². The Morgan fingerprint density at radius 3 is 2.31 bits per heavy atom. The standard InChI is InChI=1S/C10H8F2O4/c1-5(10(14)15)16-9-7(11)2-6(4-13)3-8(9)12/h2-5H,1H3,(H,14,15). The van der Waals surface area contributed by atoms with Crippen molar-refractivity contribution < 1.29 is 28.2 Å². The molecule has 0 heterocycles. The van der Waals surface area contributed by atoms with Crippen molar-refractivity contribution >= 4 is 12.3 Å². The third-order valence-corrected chi connectivity index (χ3v) is 1.80. The van der Waals surface area contributed by atoms with Crippen LogP contribution in [0.1, 0.15) is 17.3 Å². The maximum atomic E-state index is 13.2. The molecule has 0 saturated heterocycles. The maximum absolute atomic E-state index is 13.2. The van der Waals surface area contributed by atoms with Crippen molar-refractivity contribution in [2.45, 2.75) is 13.0 Å². The Labute approximate surface area is 89.5 Å². The molecule has 16 heavy (non-hydrogen) atoms. The molecule has 1 unspecified atom stereocenters. The number of carboxylic acid groups (broad SMARTS) is 1. The predicted molar refractivity (Wildman–Crippen MR) is 49.5 cm³/mol. The van der Waals surface area contributed by atoms with E-state index in [2.05, 4.69) is 4.74 Å². The van der Waals surface area contributed by atoms with Crippen LogP contribution in [0.2, 0.25) is 0 Å². The molecule has 1 atom stereocenters. The number of aldehydes is 1. The fourth-order valence-electron chi connectivity index (χ4n) is 0.987. The van der Waals surface area contributed by atoms with Crippen LogP contribution in [0.15, 0.2) is 12.1 Å². The summed E-state index contributed by atoms with van der Waals surface area (Å²) in [7, 11) is 0. The zero-order valence-electron chi connectivity index (χ0n) is 8.24. The van der Waals surface area contributed by atoms with Crippen LogP contribution in [0.3, 0.4) is 0 Å². The average molecular weight is 230 g/mol. The van der Waals surface area contributed by atoms with Gasteiger partial charge < -0.3 is 9.84 Å². The van der Waals surface area contributed by atoms with Crippen LogP contribution in [0.5, 0.6) is 5.75 Å². The van der Waals surface area contributed by atoms with Gasteiger partial charge in [0.25, 0.3) is 0 Å². The van der Waals surface area contributed by atoms with Gasteiger partial charge in [0.1, 0.15) is 6.29 Å². The molecule has 86 valence electrons. The normalized spacial score (nSPS) is 11.9. The topological polar surface area (TPSA) is 63.6 Å². The van der Waals surface area contributed by atoms with Gasteiger partial charge in [-0.1, -0.05) is 0 Å². The Morgan fingerprint density at radius 1 is 1.44 bits per heavy atom. The third kappa shape index (κ3) is 2.53. The molecule has 0 radical (unpaired) electrons. The van der Waals surface area contributed by atoms with Crippen molar-refractivity contribution in [2.24, 2.45) is 0 Å². The van der Waals surface area contributed by atoms with Gasteiger partial charge in [-0.15, -0.1) is 0 Å². The van der Waals surface area contributed by atoms with Crippen molar-refractivity contribution in [1.82, 2.24) is 0 Å². The number of rotatable bonds is 4. The number of carboxylic acids is 1. The van der Waals surface area contributed by atoms with E-state index < -0.39 is 29.5 Å². The largest absolute Gasteiger partial charge is 0.479 e. The molecule has 0 aliphatic carbocycles. The van der Waals surface area contributed by atoms with Crippen molar-refractivity contribution in [3.63, 3.8) is 0 Å². The van der Waals surface area contributed by atoms with Crippen molar-refractivity contribution in [2.75, 3.05) is 0 Å². The second-order valence-electron chi connectivity index (χ2n) is 3.03. The quantitative estimate of drug-likeness (QED) is 0.798. The Balaban J connectivity index is 3.05. The fraction of sp³-hybridized carbons (Fsp3) is 0.200. The van der Waals surface area contributed by atoms with E-state index in [4.69, 9.17) is 5.11 Å². The maximum Gasteiger partial charge on any atom is 0.344 e. The number of carbonyl (C=O) groups excluding carboxylic acids is 1. The first-order valence-electron chi connectivity index (χ1n) is 4.29. The number of carbonyl (C=O) groups is 2. The summed E-state index contributed by atoms with van der Waals surface area (Å²) in [5.41, 5.74) is -0.190. The first-order chi connectivity index (χ1) is 7.45. The molecular weight excluding hydrogens is 222 g/mol. The van der Waals surface area contributed by atoms with Crippen molar-refractivity contribution in [3.8, 4) is 5.75 Å². The number of ether oxygens (including phenoxy) is 1. The first kappa shape index (κ1) is 12.1. The molecule has 0 bridgehead atoms. The second kappa shape index (κ2) is 4.69. The van der Waals surface area contributed by atoms with Gasteiger partial charge in [-0.25, -0.2) is 13.6 Å². The van der Waals surface area contributed by atoms with E-state index in [9.17, 15) is 18.4 Å². The summed E-state index contributed by atoms with van der Waals surface area (Å²) in [5.74, 6) is -4.39. The van der Waals surface area contributed by atoms with Crippen LogP contribution in [0, 0.1) is 11.6 Å². The van der Waals surface area contributed by atoms with Crippen LogP contribution in [-0.4, -0.2) is 23.5 Å². The van der Waals surface area contributed by atoms with Gasteiger partial charge in [-0.05, 0) is 19.1 Å². The summed E-state index contributed by atoms with van der Waals surface area (Å²) in [6.45, 7) is 1.13. The summed E-state index contributed by atoms with van der Waals surface area (Å²) in [6.07, 6.45) is -1.11. The molecule has 1 aromatic carbocycles.